The van der Waals surface area contributed by atoms with Crippen LogP contribution in [0.15, 0.2) is 29.2 Å². The normalized spacial score (nSPS) is 13.6. The first-order chi connectivity index (χ1) is 11.0. The van der Waals surface area contributed by atoms with Gasteiger partial charge in [-0.25, -0.2) is 0 Å². The van der Waals surface area contributed by atoms with Gasteiger partial charge in [-0.05, 0) is 19.1 Å². The van der Waals surface area contributed by atoms with Crippen molar-refractivity contribution in [2.45, 2.75) is 48.9 Å². The number of hydrogen-bond donors (Lipinski definition) is 0. The standard InChI is InChI=1S/C15H18F6O2S/c1-4-22-9-23-13(14(16,17)18,15(19,20)21)11-5-7-12(8-6-11)24-10(2)3/h5-8,10H,4,9H2,1-3H3. The van der Waals surface area contributed by atoms with E-state index in [4.69, 9.17) is 0 Å². The molecule has 24 heavy (non-hydrogen) atoms. The molecule has 9 heteroatoms. The van der Waals surface area contributed by atoms with Crippen LogP contribution < -0.4 is 0 Å². The molecule has 0 amide bonds. The summed E-state index contributed by atoms with van der Waals surface area (Å²) < 4.78 is 89.1. The van der Waals surface area contributed by atoms with Gasteiger partial charge in [0.15, 0.2) is 0 Å². The summed E-state index contributed by atoms with van der Waals surface area (Å²) in [5, 5.41) is 0.139. The molecular formula is C15H18F6O2S. The van der Waals surface area contributed by atoms with Crippen LogP contribution >= 0.6 is 11.8 Å². The van der Waals surface area contributed by atoms with Crippen molar-refractivity contribution in [2.75, 3.05) is 13.4 Å². The van der Waals surface area contributed by atoms with Crippen LogP contribution in [0.4, 0.5) is 26.3 Å². The molecule has 0 spiro atoms. The molecule has 0 atom stereocenters. The summed E-state index contributed by atoms with van der Waals surface area (Å²) in [5.41, 5.74) is -5.47. The lowest BCUT2D eigenvalue weighted by Gasteiger charge is -2.37. The third-order valence-corrected chi connectivity index (χ3v) is 4.01. The Kier molecular flexibility index (Phi) is 7.01. The van der Waals surface area contributed by atoms with Crippen LogP contribution in [0.25, 0.3) is 0 Å². The number of ether oxygens (including phenoxy) is 2. The van der Waals surface area contributed by atoms with Crippen LogP contribution in [0.3, 0.4) is 0 Å². The van der Waals surface area contributed by atoms with Crippen molar-refractivity contribution in [3.8, 4) is 0 Å². The van der Waals surface area contributed by atoms with Crippen molar-refractivity contribution in [3.63, 3.8) is 0 Å². The summed E-state index contributed by atoms with van der Waals surface area (Å²) in [6.45, 7) is 3.96. The molecule has 0 N–H and O–H groups in total. The molecular weight excluding hydrogens is 358 g/mol. The van der Waals surface area contributed by atoms with Gasteiger partial charge in [-0.3, -0.25) is 0 Å². The third kappa shape index (κ3) is 4.58. The molecule has 0 saturated heterocycles. The summed E-state index contributed by atoms with van der Waals surface area (Å²) in [7, 11) is 0. The van der Waals surface area contributed by atoms with E-state index >= 15 is 0 Å². The Morgan fingerprint density at radius 3 is 1.83 bits per heavy atom. The highest BCUT2D eigenvalue weighted by Crippen LogP contribution is 2.53. The average molecular weight is 376 g/mol. The highest BCUT2D eigenvalue weighted by Gasteiger charge is 2.73. The number of thioether (sulfide) groups is 1. The molecule has 0 aliphatic rings. The molecule has 1 rings (SSSR count). The van der Waals surface area contributed by atoms with Gasteiger partial charge in [-0.1, -0.05) is 26.0 Å². The van der Waals surface area contributed by atoms with Gasteiger partial charge in [0.25, 0.3) is 5.60 Å². The lowest BCUT2D eigenvalue weighted by atomic mass is 9.92. The monoisotopic (exact) mass is 376 g/mol. The largest absolute Gasteiger partial charge is 0.430 e. The van der Waals surface area contributed by atoms with Crippen molar-refractivity contribution >= 4 is 11.8 Å². The quantitative estimate of drug-likeness (QED) is 0.270. The molecule has 0 aliphatic carbocycles. The Balaban J connectivity index is 3.34. The van der Waals surface area contributed by atoms with Gasteiger partial charge in [0.05, 0.1) is 0 Å². The van der Waals surface area contributed by atoms with E-state index in [0.717, 1.165) is 12.1 Å². The molecule has 1 aromatic carbocycles. The Morgan fingerprint density at radius 1 is 0.958 bits per heavy atom. The van der Waals surface area contributed by atoms with Gasteiger partial charge in [0.2, 0.25) is 0 Å². The lowest BCUT2D eigenvalue weighted by molar-refractivity contribution is -0.401. The van der Waals surface area contributed by atoms with E-state index in [1.807, 2.05) is 13.8 Å². The first-order valence-corrected chi connectivity index (χ1v) is 7.96. The van der Waals surface area contributed by atoms with Crippen molar-refractivity contribution in [1.29, 1.82) is 0 Å². The first-order valence-electron chi connectivity index (χ1n) is 7.08. The zero-order valence-electron chi connectivity index (χ0n) is 13.3. The van der Waals surface area contributed by atoms with Crippen molar-refractivity contribution in [2.24, 2.45) is 0 Å². The minimum atomic E-state index is -5.70. The van der Waals surface area contributed by atoms with E-state index < -0.39 is 30.3 Å². The van der Waals surface area contributed by atoms with Gasteiger partial charge in [0.1, 0.15) is 6.79 Å². The van der Waals surface area contributed by atoms with E-state index in [9.17, 15) is 26.3 Å². The van der Waals surface area contributed by atoms with Crippen LogP contribution in [0.1, 0.15) is 26.3 Å². The predicted octanol–water partition coefficient (Wildman–Crippen LogP) is 5.52. The maximum atomic E-state index is 13.4. The summed E-state index contributed by atoms with van der Waals surface area (Å²) in [6, 6.07) is 4.02. The topological polar surface area (TPSA) is 18.5 Å². The number of alkyl halides is 6. The Morgan fingerprint density at radius 2 is 1.46 bits per heavy atom. The zero-order chi connectivity index (χ0) is 18.6. The SMILES string of the molecule is CCOCOC(c1ccc(SC(C)C)cc1)(C(F)(F)F)C(F)(F)F. The fourth-order valence-corrected chi connectivity index (χ4v) is 2.83. The number of benzene rings is 1. The summed E-state index contributed by atoms with van der Waals surface area (Å²) in [5.74, 6) is 0. The summed E-state index contributed by atoms with van der Waals surface area (Å²) in [4.78, 5) is 0.566. The van der Waals surface area contributed by atoms with E-state index in [-0.39, 0.29) is 11.9 Å². The van der Waals surface area contributed by atoms with Crippen LogP contribution in [0.2, 0.25) is 0 Å². The number of hydrogen-bond acceptors (Lipinski definition) is 3. The van der Waals surface area contributed by atoms with Crippen LogP contribution in [0, 0.1) is 0 Å². The Bertz CT molecular complexity index is 496. The van der Waals surface area contributed by atoms with Crippen molar-refractivity contribution in [3.05, 3.63) is 29.8 Å². The fraction of sp³-hybridized carbons (Fsp3) is 0.600. The van der Waals surface area contributed by atoms with Crippen molar-refractivity contribution in [1.82, 2.24) is 0 Å². The molecule has 0 fully saturated rings. The zero-order valence-corrected chi connectivity index (χ0v) is 14.1. The molecule has 1 aromatic rings. The highest BCUT2D eigenvalue weighted by molar-refractivity contribution is 7.99. The predicted molar refractivity (Wildman–Crippen MR) is 78.8 cm³/mol. The Labute approximate surface area is 140 Å². The second-order valence-electron chi connectivity index (χ2n) is 5.12. The first kappa shape index (κ1) is 21.1. The number of halogens is 6. The lowest BCUT2D eigenvalue weighted by Crippen LogP contribution is -2.56. The molecule has 0 saturated carbocycles. The minimum absolute atomic E-state index is 0.0737. The van der Waals surface area contributed by atoms with Crippen molar-refractivity contribution < 1.29 is 35.8 Å². The smallest absolute Gasteiger partial charge is 0.356 e. The molecule has 0 aliphatic heterocycles. The third-order valence-electron chi connectivity index (χ3n) is 2.99. The molecule has 0 aromatic heterocycles. The van der Waals surface area contributed by atoms with Gasteiger partial charge < -0.3 is 9.47 Å². The summed E-state index contributed by atoms with van der Waals surface area (Å²) >= 11 is 1.33. The van der Waals surface area contributed by atoms with Gasteiger partial charge in [-0.2, -0.15) is 26.3 Å². The maximum absolute atomic E-state index is 13.4. The van der Waals surface area contributed by atoms with Crippen LogP contribution in [-0.2, 0) is 15.1 Å². The van der Waals surface area contributed by atoms with E-state index in [1.165, 1.54) is 30.8 Å². The van der Waals surface area contributed by atoms with E-state index in [2.05, 4.69) is 9.47 Å². The van der Waals surface area contributed by atoms with Crippen LogP contribution in [-0.4, -0.2) is 31.0 Å². The van der Waals surface area contributed by atoms with E-state index in [1.54, 1.807) is 0 Å². The van der Waals surface area contributed by atoms with Gasteiger partial charge in [0, 0.05) is 22.3 Å². The fourth-order valence-electron chi connectivity index (χ4n) is 1.99. The van der Waals surface area contributed by atoms with Gasteiger partial charge in [-0.15, -0.1) is 11.8 Å². The second-order valence-corrected chi connectivity index (χ2v) is 6.77. The minimum Gasteiger partial charge on any atom is -0.356 e. The Hall–Kier alpha value is -0.930. The van der Waals surface area contributed by atoms with Gasteiger partial charge >= 0.3 is 12.4 Å². The van der Waals surface area contributed by atoms with Crippen LogP contribution in [0.5, 0.6) is 0 Å². The molecule has 2 nitrogen and oxygen atoms in total. The molecule has 0 unspecified atom stereocenters. The second kappa shape index (κ2) is 7.97. The maximum Gasteiger partial charge on any atom is 0.430 e. The average Bonchev–Trinajstić information content (AvgIpc) is 2.41. The highest BCUT2D eigenvalue weighted by atomic mass is 32.2. The molecule has 0 heterocycles. The summed E-state index contributed by atoms with van der Waals surface area (Å²) in [6.07, 6.45) is -11.4. The molecule has 0 bridgehead atoms. The molecule has 138 valence electrons. The number of rotatable bonds is 7. The molecule has 0 radical (unpaired) electrons. The van der Waals surface area contributed by atoms with E-state index in [0.29, 0.717) is 4.90 Å².